The van der Waals surface area contributed by atoms with Crippen LogP contribution in [-0.4, -0.2) is 32.5 Å². The molecule has 1 amide bonds. The minimum atomic E-state index is 0.0148. The smallest absolute Gasteiger partial charge is 0.230 e. The van der Waals surface area contributed by atoms with Gasteiger partial charge in [-0.1, -0.05) is 73.6 Å². The Morgan fingerprint density at radius 2 is 1.80 bits per heavy atom. The van der Waals surface area contributed by atoms with E-state index in [1.165, 1.54) is 22.9 Å². The summed E-state index contributed by atoms with van der Waals surface area (Å²) in [6, 6.07) is 16.8. The van der Waals surface area contributed by atoms with Crippen LogP contribution in [0.15, 0.2) is 53.7 Å². The van der Waals surface area contributed by atoms with Gasteiger partial charge in [0.1, 0.15) is 5.82 Å². The number of amides is 1. The van der Waals surface area contributed by atoms with Gasteiger partial charge in [0.05, 0.1) is 11.4 Å². The molecule has 1 atom stereocenters. The zero-order chi connectivity index (χ0) is 21.7. The molecule has 6 heteroatoms. The van der Waals surface area contributed by atoms with Crippen LogP contribution in [0.4, 0.5) is 0 Å². The van der Waals surface area contributed by atoms with Crippen LogP contribution in [0.1, 0.15) is 43.3 Å². The van der Waals surface area contributed by atoms with Crippen LogP contribution in [0.5, 0.6) is 0 Å². The summed E-state index contributed by atoms with van der Waals surface area (Å²) in [6.45, 7) is 10.4. The number of carbonyl (C=O) groups is 1. The fraction of sp³-hybridized carbons (Fsp3) is 0.375. The maximum atomic E-state index is 12.4. The Morgan fingerprint density at radius 1 is 1.07 bits per heavy atom. The van der Waals surface area contributed by atoms with Crippen molar-refractivity contribution in [1.82, 2.24) is 20.1 Å². The molecule has 2 aromatic carbocycles. The molecule has 1 aromatic heterocycles. The van der Waals surface area contributed by atoms with Crippen molar-refractivity contribution in [1.29, 1.82) is 0 Å². The van der Waals surface area contributed by atoms with Gasteiger partial charge in [0, 0.05) is 12.5 Å². The number of aryl methyl sites for hydroxylation is 2. The molecule has 1 heterocycles. The molecule has 30 heavy (non-hydrogen) atoms. The third-order valence-electron chi connectivity index (χ3n) is 5.22. The minimum absolute atomic E-state index is 0.0148. The van der Waals surface area contributed by atoms with E-state index in [4.69, 9.17) is 0 Å². The third-order valence-corrected chi connectivity index (χ3v) is 6.15. The monoisotopic (exact) mass is 422 g/mol. The van der Waals surface area contributed by atoms with E-state index < -0.39 is 0 Å². The van der Waals surface area contributed by atoms with Gasteiger partial charge in [-0.2, -0.15) is 0 Å². The molecule has 0 aliphatic rings. The molecule has 5 nitrogen and oxygen atoms in total. The number of rotatable bonds is 8. The van der Waals surface area contributed by atoms with Crippen LogP contribution >= 0.6 is 11.8 Å². The van der Waals surface area contributed by atoms with Gasteiger partial charge in [-0.3, -0.25) is 9.36 Å². The summed E-state index contributed by atoms with van der Waals surface area (Å²) in [4.78, 5) is 12.4. The molecule has 1 N–H and O–H groups in total. The van der Waals surface area contributed by atoms with Crippen molar-refractivity contribution >= 4 is 17.7 Å². The largest absolute Gasteiger partial charge is 0.353 e. The van der Waals surface area contributed by atoms with Crippen molar-refractivity contribution in [2.75, 3.05) is 5.75 Å². The van der Waals surface area contributed by atoms with Gasteiger partial charge in [-0.15, -0.1) is 10.2 Å². The second-order valence-corrected chi connectivity index (χ2v) is 9.02. The van der Waals surface area contributed by atoms with Crippen molar-refractivity contribution < 1.29 is 4.79 Å². The summed E-state index contributed by atoms with van der Waals surface area (Å²) in [5, 5.41) is 12.7. The van der Waals surface area contributed by atoms with Crippen molar-refractivity contribution in [3.63, 3.8) is 0 Å². The zero-order valence-electron chi connectivity index (χ0n) is 18.3. The Balaban J connectivity index is 1.88. The Morgan fingerprint density at radius 3 is 2.47 bits per heavy atom. The second-order valence-electron chi connectivity index (χ2n) is 8.08. The number of nitrogens with one attached hydrogen (secondary N) is 1. The summed E-state index contributed by atoms with van der Waals surface area (Å²) < 4.78 is 2.09. The molecule has 0 aliphatic carbocycles. The van der Waals surface area contributed by atoms with Crippen molar-refractivity contribution in [3.05, 3.63) is 71.0 Å². The van der Waals surface area contributed by atoms with Gasteiger partial charge >= 0.3 is 0 Å². The van der Waals surface area contributed by atoms with Gasteiger partial charge in [-0.25, -0.2) is 0 Å². The molecule has 0 saturated carbocycles. The highest BCUT2D eigenvalue weighted by atomic mass is 32.2. The van der Waals surface area contributed by atoms with Crippen molar-refractivity contribution in [2.24, 2.45) is 5.92 Å². The number of aromatic nitrogens is 3. The number of hydrogen-bond donors (Lipinski definition) is 1. The summed E-state index contributed by atoms with van der Waals surface area (Å²) in [5.41, 5.74) is 4.60. The SMILES string of the molecule is Cc1ccc(-n2c(Cc3ccccc3)nnc2SCC(=O)NC(C)C(C)C)c(C)c1. The first-order valence-corrected chi connectivity index (χ1v) is 11.3. The van der Waals surface area contributed by atoms with Gasteiger partial charge in [-0.05, 0) is 43.9 Å². The van der Waals surface area contributed by atoms with Gasteiger partial charge in [0.15, 0.2) is 5.16 Å². The Bertz CT molecular complexity index is 998. The van der Waals surface area contributed by atoms with E-state index >= 15 is 0 Å². The number of carbonyl (C=O) groups excluding carboxylic acids is 1. The molecule has 0 radical (unpaired) electrons. The average Bonchev–Trinajstić information content (AvgIpc) is 3.09. The maximum absolute atomic E-state index is 12.4. The van der Waals surface area contributed by atoms with Crippen molar-refractivity contribution in [3.8, 4) is 5.69 Å². The molecular formula is C24H30N4OS. The summed E-state index contributed by atoms with van der Waals surface area (Å²) in [5.74, 6) is 1.59. The third kappa shape index (κ3) is 5.51. The van der Waals surface area contributed by atoms with Crippen LogP contribution in [0.3, 0.4) is 0 Å². The molecule has 0 fully saturated rings. The van der Waals surface area contributed by atoms with E-state index in [2.05, 4.69) is 78.1 Å². The fourth-order valence-corrected chi connectivity index (χ4v) is 3.95. The lowest BCUT2D eigenvalue weighted by Gasteiger charge is -2.17. The lowest BCUT2D eigenvalue weighted by Crippen LogP contribution is -2.37. The first kappa shape index (κ1) is 22.1. The van der Waals surface area contributed by atoms with Crippen molar-refractivity contribution in [2.45, 2.75) is 52.2 Å². The molecule has 3 rings (SSSR count). The second kappa shape index (κ2) is 9.94. The lowest BCUT2D eigenvalue weighted by atomic mass is 10.1. The first-order chi connectivity index (χ1) is 14.3. The summed E-state index contributed by atoms with van der Waals surface area (Å²) in [6.07, 6.45) is 0.679. The molecule has 1 unspecified atom stereocenters. The quantitative estimate of drug-likeness (QED) is 0.533. The zero-order valence-corrected chi connectivity index (χ0v) is 19.2. The lowest BCUT2D eigenvalue weighted by molar-refractivity contribution is -0.119. The molecule has 3 aromatic rings. The molecular weight excluding hydrogens is 392 g/mol. The highest BCUT2D eigenvalue weighted by molar-refractivity contribution is 7.99. The molecule has 0 spiro atoms. The van der Waals surface area contributed by atoms with E-state index in [1.54, 1.807) is 0 Å². The van der Waals surface area contributed by atoms with Gasteiger partial charge < -0.3 is 5.32 Å². The number of hydrogen-bond acceptors (Lipinski definition) is 4. The molecule has 0 saturated heterocycles. The standard InChI is InChI=1S/C24H30N4OS/c1-16(2)19(5)25-23(29)15-30-24-27-26-22(14-20-9-7-6-8-10-20)28(24)21-12-11-17(3)13-18(21)4/h6-13,16,19H,14-15H2,1-5H3,(H,25,29). The summed E-state index contributed by atoms with van der Waals surface area (Å²) >= 11 is 1.43. The highest BCUT2D eigenvalue weighted by Gasteiger charge is 2.18. The predicted molar refractivity (Wildman–Crippen MR) is 123 cm³/mol. The van der Waals surface area contributed by atoms with E-state index in [9.17, 15) is 4.79 Å². The predicted octanol–water partition coefficient (Wildman–Crippen LogP) is 4.73. The molecule has 0 bridgehead atoms. The number of thioether (sulfide) groups is 1. The fourth-order valence-electron chi connectivity index (χ4n) is 3.18. The van der Waals surface area contributed by atoms with Gasteiger partial charge in [0.25, 0.3) is 0 Å². The van der Waals surface area contributed by atoms with Crippen LogP contribution in [0.2, 0.25) is 0 Å². The average molecular weight is 423 g/mol. The Kier molecular flexibility index (Phi) is 7.32. The Hall–Kier alpha value is -2.60. The van der Waals surface area contributed by atoms with Gasteiger partial charge in [0.2, 0.25) is 5.91 Å². The normalized spacial score (nSPS) is 12.2. The first-order valence-electron chi connectivity index (χ1n) is 10.3. The molecule has 0 aliphatic heterocycles. The van der Waals surface area contributed by atoms with Crippen LogP contribution in [0.25, 0.3) is 5.69 Å². The minimum Gasteiger partial charge on any atom is -0.353 e. The van der Waals surface area contributed by atoms with Crippen LogP contribution in [-0.2, 0) is 11.2 Å². The Labute approximate surface area is 183 Å². The van der Waals surface area contributed by atoms with Crippen LogP contribution < -0.4 is 5.32 Å². The molecule has 158 valence electrons. The number of benzene rings is 2. The van der Waals surface area contributed by atoms with Crippen LogP contribution in [0, 0.1) is 19.8 Å². The van der Waals surface area contributed by atoms with E-state index in [0.29, 0.717) is 18.1 Å². The summed E-state index contributed by atoms with van der Waals surface area (Å²) in [7, 11) is 0. The highest BCUT2D eigenvalue weighted by Crippen LogP contribution is 2.26. The topological polar surface area (TPSA) is 59.8 Å². The van der Waals surface area contributed by atoms with E-state index in [0.717, 1.165) is 22.2 Å². The van der Waals surface area contributed by atoms with E-state index in [1.807, 2.05) is 25.1 Å². The number of nitrogens with zero attached hydrogens (tertiary/aromatic N) is 3. The van der Waals surface area contributed by atoms with E-state index in [-0.39, 0.29) is 11.9 Å². The maximum Gasteiger partial charge on any atom is 0.230 e.